The Balaban J connectivity index is 1.98. The van der Waals surface area contributed by atoms with E-state index in [0.29, 0.717) is 0 Å². The van der Waals surface area contributed by atoms with Crippen molar-refractivity contribution in [2.75, 3.05) is 13.7 Å². The van der Waals surface area contributed by atoms with Gasteiger partial charge in [0.25, 0.3) is 0 Å². The number of aliphatic hydroxyl groups is 1. The summed E-state index contributed by atoms with van der Waals surface area (Å²) in [5.74, 6) is 0. The molecule has 92 valence electrons. The van der Waals surface area contributed by atoms with Gasteiger partial charge in [-0.1, -0.05) is 18.2 Å². The fourth-order valence-corrected chi connectivity index (χ4v) is 2.99. The third-order valence-electron chi connectivity index (χ3n) is 2.90. The molecule has 1 unspecified atom stereocenters. The predicted octanol–water partition coefficient (Wildman–Crippen LogP) is 3.23. The smallest absolute Gasteiger partial charge is 0.0581 e. The molecule has 1 atom stereocenters. The SMILES string of the molecule is COCCCC(O)Cc1csc2ccccc12. The zero-order valence-electron chi connectivity index (χ0n) is 10.1. The van der Waals surface area contributed by atoms with Crippen LogP contribution in [0.15, 0.2) is 29.6 Å². The maximum absolute atomic E-state index is 9.96. The molecular formula is C14H18O2S. The van der Waals surface area contributed by atoms with Crippen LogP contribution >= 0.6 is 11.3 Å². The van der Waals surface area contributed by atoms with Gasteiger partial charge in [0.1, 0.15) is 0 Å². The first-order valence-electron chi connectivity index (χ1n) is 5.93. The Labute approximate surface area is 106 Å². The molecule has 0 radical (unpaired) electrons. The fourth-order valence-electron chi connectivity index (χ4n) is 2.01. The van der Waals surface area contributed by atoms with Gasteiger partial charge in [0.05, 0.1) is 6.10 Å². The third kappa shape index (κ3) is 3.28. The molecule has 2 nitrogen and oxygen atoms in total. The first kappa shape index (κ1) is 12.6. The standard InChI is InChI=1S/C14H18O2S/c1-16-8-4-5-12(15)9-11-10-17-14-7-3-2-6-13(11)14/h2-3,6-7,10,12,15H,4-5,8-9H2,1H3. The Kier molecular flexibility index (Phi) is 4.54. The lowest BCUT2D eigenvalue weighted by atomic mass is 10.0. The van der Waals surface area contributed by atoms with Crippen LogP contribution in [-0.4, -0.2) is 24.9 Å². The minimum absolute atomic E-state index is 0.261. The highest BCUT2D eigenvalue weighted by molar-refractivity contribution is 7.17. The van der Waals surface area contributed by atoms with Crippen molar-refractivity contribution in [3.05, 3.63) is 35.2 Å². The summed E-state index contributed by atoms with van der Waals surface area (Å²) in [4.78, 5) is 0. The second-order valence-corrected chi connectivity index (χ2v) is 5.16. The van der Waals surface area contributed by atoms with E-state index in [1.165, 1.54) is 15.6 Å². The summed E-state index contributed by atoms with van der Waals surface area (Å²) in [6, 6.07) is 8.36. The van der Waals surface area contributed by atoms with Crippen LogP contribution in [0.1, 0.15) is 18.4 Å². The van der Waals surface area contributed by atoms with Crippen molar-refractivity contribution in [3.8, 4) is 0 Å². The molecular weight excluding hydrogens is 232 g/mol. The molecule has 1 aromatic heterocycles. The van der Waals surface area contributed by atoms with E-state index in [4.69, 9.17) is 4.74 Å². The first-order valence-corrected chi connectivity index (χ1v) is 6.81. The molecule has 0 aliphatic carbocycles. The van der Waals surface area contributed by atoms with Crippen molar-refractivity contribution in [3.63, 3.8) is 0 Å². The van der Waals surface area contributed by atoms with E-state index in [2.05, 4.69) is 29.6 Å². The van der Waals surface area contributed by atoms with Gasteiger partial charge in [-0.05, 0) is 41.7 Å². The van der Waals surface area contributed by atoms with Crippen LogP contribution in [0.4, 0.5) is 0 Å². The Bertz CT molecular complexity index is 464. The number of hydrogen-bond donors (Lipinski definition) is 1. The molecule has 0 amide bonds. The monoisotopic (exact) mass is 250 g/mol. The van der Waals surface area contributed by atoms with Gasteiger partial charge >= 0.3 is 0 Å². The normalized spacial score (nSPS) is 13.1. The van der Waals surface area contributed by atoms with Crippen LogP contribution in [0.25, 0.3) is 10.1 Å². The van der Waals surface area contributed by atoms with Crippen molar-refractivity contribution in [2.45, 2.75) is 25.4 Å². The molecule has 0 spiro atoms. The summed E-state index contributed by atoms with van der Waals surface area (Å²) in [6.07, 6.45) is 2.20. The molecule has 0 saturated heterocycles. The summed E-state index contributed by atoms with van der Waals surface area (Å²) < 4.78 is 6.29. The molecule has 0 aliphatic heterocycles. The number of fused-ring (bicyclic) bond motifs is 1. The van der Waals surface area contributed by atoms with Crippen molar-refractivity contribution in [1.82, 2.24) is 0 Å². The third-order valence-corrected chi connectivity index (χ3v) is 3.91. The van der Waals surface area contributed by atoms with E-state index in [0.717, 1.165) is 25.9 Å². The van der Waals surface area contributed by atoms with Crippen LogP contribution in [-0.2, 0) is 11.2 Å². The fraction of sp³-hybridized carbons (Fsp3) is 0.429. The molecule has 0 fully saturated rings. The van der Waals surface area contributed by atoms with Crippen molar-refractivity contribution >= 4 is 21.4 Å². The second-order valence-electron chi connectivity index (χ2n) is 4.25. The van der Waals surface area contributed by atoms with E-state index in [-0.39, 0.29) is 6.10 Å². The van der Waals surface area contributed by atoms with Gasteiger partial charge in [-0.25, -0.2) is 0 Å². The summed E-state index contributed by atoms with van der Waals surface area (Å²) in [5.41, 5.74) is 1.26. The summed E-state index contributed by atoms with van der Waals surface area (Å²) in [5, 5.41) is 13.4. The van der Waals surface area contributed by atoms with Gasteiger partial charge in [0, 0.05) is 18.4 Å². The molecule has 2 rings (SSSR count). The lowest BCUT2D eigenvalue weighted by molar-refractivity contribution is 0.135. The topological polar surface area (TPSA) is 29.5 Å². The minimum Gasteiger partial charge on any atom is -0.393 e. The Morgan fingerprint density at radius 2 is 2.18 bits per heavy atom. The van der Waals surface area contributed by atoms with E-state index in [1.54, 1.807) is 18.4 Å². The quantitative estimate of drug-likeness (QED) is 0.798. The van der Waals surface area contributed by atoms with Gasteiger partial charge in [0.2, 0.25) is 0 Å². The molecule has 1 N–H and O–H groups in total. The lowest BCUT2D eigenvalue weighted by Crippen LogP contribution is -2.11. The Morgan fingerprint density at radius 1 is 1.35 bits per heavy atom. The lowest BCUT2D eigenvalue weighted by Gasteiger charge is -2.09. The van der Waals surface area contributed by atoms with Gasteiger partial charge in [-0.3, -0.25) is 0 Å². The molecule has 0 aliphatic rings. The molecule has 0 saturated carbocycles. The van der Waals surface area contributed by atoms with Crippen LogP contribution in [0.3, 0.4) is 0 Å². The van der Waals surface area contributed by atoms with Gasteiger partial charge in [0.15, 0.2) is 0 Å². The number of rotatable bonds is 6. The van der Waals surface area contributed by atoms with Crippen molar-refractivity contribution in [1.29, 1.82) is 0 Å². The van der Waals surface area contributed by atoms with Crippen molar-refractivity contribution < 1.29 is 9.84 Å². The molecule has 1 heterocycles. The minimum atomic E-state index is -0.261. The number of aliphatic hydroxyl groups excluding tert-OH is 1. The zero-order chi connectivity index (χ0) is 12.1. The second kappa shape index (κ2) is 6.15. The van der Waals surface area contributed by atoms with E-state index in [1.807, 2.05) is 0 Å². The molecule has 1 aromatic carbocycles. The number of ether oxygens (including phenoxy) is 1. The predicted molar refractivity (Wildman–Crippen MR) is 72.6 cm³/mol. The van der Waals surface area contributed by atoms with Crippen LogP contribution in [0.2, 0.25) is 0 Å². The van der Waals surface area contributed by atoms with Crippen LogP contribution in [0, 0.1) is 0 Å². The van der Waals surface area contributed by atoms with E-state index < -0.39 is 0 Å². The van der Waals surface area contributed by atoms with Crippen LogP contribution < -0.4 is 0 Å². The first-order chi connectivity index (χ1) is 8.31. The van der Waals surface area contributed by atoms with Gasteiger partial charge in [-0.2, -0.15) is 0 Å². The Morgan fingerprint density at radius 3 is 3.00 bits per heavy atom. The average Bonchev–Trinajstić information content (AvgIpc) is 2.73. The van der Waals surface area contributed by atoms with Gasteiger partial charge < -0.3 is 9.84 Å². The zero-order valence-corrected chi connectivity index (χ0v) is 10.9. The Hall–Kier alpha value is -0.900. The number of hydrogen-bond acceptors (Lipinski definition) is 3. The van der Waals surface area contributed by atoms with E-state index >= 15 is 0 Å². The maximum atomic E-state index is 9.96. The van der Waals surface area contributed by atoms with Gasteiger partial charge in [-0.15, -0.1) is 11.3 Å². The van der Waals surface area contributed by atoms with E-state index in [9.17, 15) is 5.11 Å². The molecule has 2 aromatic rings. The highest BCUT2D eigenvalue weighted by atomic mass is 32.1. The maximum Gasteiger partial charge on any atom is 0.0581 e. The highest BCUT2D eigenvalue weighted by Crippen LogP contribution is 2.26. The largest absolute Gasteiger partial charge is 0.393 e. The summed E-state index contributed by atoms with van der Waals surface area (Å²) >= 11 is 1.75. The average molecular weight is 250 g/mol. The number of benzene rings is 1. The molecule has 3 heteroatoms. The summed E-state index contributed by atoms with van der Waals surface area (Å²) in [6.45, 7) is 0.724. The summed E-state index contributed by atoms with van der Waals surface area (Å²) in [7, 11) is 1.69. The molecule has 0 bridgehead atoms. The molecule has 17 heavy (non-hydrogen) atoms. The number of thiophene rings is 1. The van der Waals surface area contributed by atoms with Crippen molar-refractivity contribution in [2.24, 2.45) is 0 Å². The van der Waals surface area contributed by atoms with Crippen LogP contribution in [0.5, 0.6) is 0 Å². The highest BCUT2D eigenvalue weighted by Gasteiger charge is 2.09. The number of methoxy groups -OCH3 is 1.